The van der Waals surface area contributed by atoms with Crippen LogP contribution in [0.5, 0.6) is 0 Å². The van der Waals surface area contributed by atoms with Crippen molar-refractivity contribution in [1.82, 2.24) is 4.90 Å². The first-order valence-electron chi connectivity index (χ1n) is 8.29. The molecule has 1 aromatic rings. The van der Waals surface area contributed by atoms with Crippen LogP contribution >= 0.6 is 0 Å². The van der Waals surface area contributed by atoms with Gasteiger partial charge >= 0.3 is 0 Å². The van der Waals surface area contributed by atoms with E-state index in [0.717, 1.165) is 49.6 Å². The molecule has 0 bridgehead atoms. The summed E-state index contributed by atoms with van der Waals surface area (Å²) in [6, 6.07) is 6.06. The summed E-state index contributed by atoms with van der Waals surface area (Å²) < 4.78 is 0. The Morgan fingerprint density at radius 1 is 1.29 bits per heavy atom. The summed E-state index contributed by atoms with van der Waals surface area (Å²) in [6.45, 7) is 9.01. The Hall–Kier alpha value is -1.51. The Morgan fingerprint density at radius 2 is 2.00 bits per heavy atom. The van der Waals surface area contributed by atoms with Gasteiger partial charge in [0.05, 0.1) is 5.56 Å². The summed E-state index contributed by atoms with van der Waals surface area (Å²) in [4.78, 5) is 14.8. The normalized spacial score (nSPS) is 16.0. The molecule has 1 heterocycles. The number of hydrogen-bond donors (Lipinski definition) is 1. The van der Waals surface area contributed by atoms with E-state index in [2.05, 4.69) is 32.2 Å². The van der Waals surface area contributed by atoms with E-state index >= 15 is 0 Å². The van der Waals surface area contributed by atoms with Crippen LogP contribution in [0, 0.1) is 12.8 Å². The standard InChI is InChI=1S/C18H28N2O/c1-4-6-15-9-11-20(12-10-15)18(21)16-8-7-14(3)13-17(16)19-5-2/h7-8,13,15,19H,4-6,9-12H2,1-3H3. The van der Waals surface area contributed by atoms with Crippen LogP contribution in [0.4, 0.5) is 5.69 Å². The fourth-order valence-corrected chi connectivity index (χ4v) is 3.18. The molecule has 1 amide bonds. The topological polar surface area (TPSA) is 32.3 Å². The van der Waals surface area contributed by atoms with Crippen molar-refractivity contribution in [2.75, 3.05) is 25.0 Å². The smallest absolute Gasteiger partial charge is 0.255 e. The van der Waals surface area contributed by atoms with Crippen LogP contribution in [0.15, 0.2) is 18.2 Å². The van der Waals surface area contributed by atoms with Gasteiger partial charge in [0.1, 0.15) is 0 Å². The summed E-state index contributed by atoms with van der Waals surface area (Å²) in [6.07, 6.45) is 4.86. The summed E-state index contributed by atoms with van der Waals surface area (Å²) in [5.74, 6) is 0.992. The van der Waals surface area contributed by atoms with E-state index < -0.39 is 0 Å². The van der Waals surface area contributed by atoms with Gasteiger partial charge in [-0.25, -0.2) is 0 Å². The second kappa shape index (κ2) is 7.48. The van der Waals surface area contributed by atoms with E-state index in [4.69, 9.17) is 0 Å². The first-order chi connectivity index (χ1) is 10.2. The first-order valence-corrected chi connectivity index (χ1v) is 8.29. The van der Waals surface area contributed by atoms with Gasteiger partial charge in [-0.05, 0) is 50.3 Å². The molecule has 0 saturated carbocycles. The number of likely N-dealkylation sites (tertiary alicyclic amines) is 1. The third kappa shape index (κ3) is 3.99. The van der Waals surface area contributed by atoms with Gasteiger partial charge in [-0.3, -0.25) is 4.79 Å². The van der Waals surface area contributed by atoms with Crippen molar-refractivity contribution in [2.45, 2.75) is 46.5 Å². The molecule has 0 aromatic heterocycles. The molecule has 1 fully saturated rings. The van der Waals surface area contributed by atoms with E-state index in [1.54, 1.807) is 0 Å². The van der Waals surface area contributed by atoms with Crippen LogP contribution in [-0.4, -0.2) is 30.4 Å². The molecule has 0 radical (unpaired) electrons. The lowest BCUT2D eigenvalue weighted by Gasteiger charge is -2.32. The molecular weight excluding hydrogens is 260 g/mol. The lowest BCUT2D eigenvalue weighted by molar-refractivity contribution is 0.0687. The van der Waals surface area contributed by atoms with Crippen LogP contribution in [-0.2, 0) is 0 Å². The van der Waals surface area contributed by atoms with E-state index in [1.165, 1.54) is 18.4 Å². The highest BCUT2D eigenvalue weighted by atomic mass is 16.2. The predicted octanol–water partition coefficient (Wildman–Crippen LogP) is 4.08. The molecule has 3 heteroatoms. The van der Waals surface area contributed by atoms with Crippen molar-refractivity contribution in [3.8, 4) is 0 Å². The van der Waals surface area contributed by atoms with Crippen molar-refractivity contribution in [2.24, 2.45) is 5.92 Å². The van der Waals surface area contributed by atoms with Crippen LogP contribution in [0.25, 0.3) is 0 Å². The van der Waals surface area contributed by atoms with Crippen LogP contribution in [0.2, 0.25) is 0 Å². The van der Waals surface area contributed by atoms with Crippen molar-refractivity contribution in [1.29, 1.82) is 0 Å². The van der Waals surface area contributed by atoms with Gasteiger partial charge in [-0.1, -0.05) is 25.8 Å². The van der Waals surface area contributed by atoms with Crippen molar-refractivity contribution >= 4 is 11.6 Å². The molecule has 0 spiro atoms. The van der Waals surface area contributed by atoms with E-state index in [1.807, 2.05) is 17.0 Å². The van der Waals surface area contributed by atoms with E-state index in [0.29, 0.717) is 0 Å². The molecule has 0 atom stereocenters. The second-order valence-electron chi connectivity index (χ2n) is 6.10. The highest BCUT2D eigenvalue weighted by Gasteiger charge is 2.24. The Balaban J connectivity index is 2.07. The Labute approximate surface area is 128 Å². The van der Waals surface area contributed by atoms with Crippen LogP contribution < -0.4 is 5.32 Å². The first kappa shape index (κ1) is 15.9. The van der Waals surface area contributed by atoms with Crippen LogP contribution in [0.3, 0.4) is 0 Å². The quantitative estimate of drug-likeness (QED) is 0.885. The molecule has 1 saturated heterocycles. The van der Waals surface area contributed by atoms with Gasteiger partial charge in [-0.2, -0.15) is 0 Å². The number of anilines is 1. The van der Waals surface area contributed by atoms with Crippen molar-refractivity contribution in [3.63, 3.8) is 0 Å². The summed E-state index contributed by atoms with van der Waals surface area (Å²) in [7, 11) is 0. The van der Waals surface area contributed by atoms with Gasteiger partial charge in [0.25, 0.3) is 5.91 Å². The minimum atomic E-state index is 0.181. The number of rotatable bonds is 5. The van der Waals surface area contributed by atoms with Gasteiger partial charge in [-0.15, -0.1) is 0 Å². The summed E-state index contributed by atoms with van der Waals surface area (Å²) in [5.41, 5.74) is 2.97. The van der Waals surface area contributed by atoms with Crippen molar-refractivity contribution < 1.29 is 4.79 Å². The Bertz CT molecular complexity index is 476. The molecule has 0 unspecified atom stereocenters. The molecule has 2 rings (SSSR count). The lowest BCUT2D eigenvalue weighted by Crippen LogP contribution is -2.38. The minimum absolute atomic E-state index is 0.181. The lowest BCUT2D eigenvalue weighted by atomic mass is 9.92. The SMILES string of the molecule is CCCC1CCN(C(=O)c2ccc(C)cc2NCC)CC1. The molecule has 1 aromatic carbocycles. The maximum absolute atomic E-state index is 12.8. The fourth-order valence-electron chi connectivity index (χ4n) is 3.18. The zero-order valence-corrected chi connectivity index (χ0v) is 13.6. The largest absolute Gasteiger partial charge is 0.385 e. The number of amides is 1. The molecule has 3 nitrogen and oxygen atoms in total. The Morgan fingerprint density at radius 3 is 2.62 bits per heavy atom. The average molecular weight is 288 g/mol. The Kier molecular flexibility index (Phi) is 5.66. The number of benzene rings is 1. The number of carbonyl (C=O) groups is 1. The molecule has 1 aliphatic rings. The molecule has 116 valence electrons. The summed E-state index contributed by atoms with van der Waals surface area (Å²) >= 11 is 0. The highest BCUT2D eigenvalue weighted by molar-refractivity contribution is 5.99. The molecule has 21 heavy (non-hydrogen) atoms. The van der Waals surface area contributed by atoms with Gasteiger partial charge in [0.2, 0.25) is 0 Å². The number of hydrogen-bond acceptors (Lipinski definition) is 2. The monoisotopic (exact) mass is 288 g/mol. The minimum Gasteiger partial charge on any atom is -0.385 e. The predicted molar refractivity (Wildman–Crippen MR) is 88.9 cm³/mol. The van der Waals surface area contributed by atoms with E-state index in [9.17, 15) is 4.79 Å². The number of nitrogens with one attached hydrogen (secondary N) is 1. The van der Waals surface area contributed by atoms with Crippen LogP contribution in [0.1, 0.15) is 55.5 Å². The number of aryl methyl sites for hydroxylation is 1. The number of carbonyl (C=O) groups excluding carboxylic acids is 1. The van der Waals surface area contributed by atoms with Gasteiger partial charge in [0.15, 0.2) is 0 Å². The number of piperidine rings is 1. The van der Waals surface area contributed by atoms with Gasteiger partial charge < -0.3 is 10.2 Å². The fraction of sp³-hybridized carbons (Fsp3) is 0.611. The third-order valence-electron chi connectivity index (χ3n) is 4.37. The van der Waals surface area contributed by atoms with Gasteiger partial charge in [0, 0.05) is 25.3 Å². The highest BCUT2D eigenvalue weighted by Crippen LogP contribution is 2.25. The number of nitrogens with zero attached hydrogens (tertiary/aromatic N) is 1. The summed E-state index contributed by atoms with van der Waals surface area (Å²) in [5, 5.41) is 3.32. The second-order valence-corrected chi connectivity index (χ2v) is 6.10. The maximum atomic E-state index is 12.8. The zero-order valence-electron chi connectivity index (χ0n) is 13.6. The zero-order chi connectivity index (χ0) is 15.2. The molecular formula is C18H28N2O. The molecule has 1 aliphatic heterocycles. The third-order valence-corrected chi connectivity index (χ3v) is 4.37. The molecule has 0 aliphatic carbocycles. The molecule has 1 N–H and O–H groups in total. The van der Waals surface area contributed by atoms with Crippen molar-refractivity contribution in [3.05, 3.63) is 29.3 Å². The van der Waals surface area contributed by atoms with E-state index in [-0.39, 0.29) is 5.91 Å². The average Bonchev–Trinajstić information content (AvgIpc) is 2.48. The maximum Gasteiger partial charge on any atom is 0.255 e.